The molecule has 0 aliphatic rings. The van der Waals surface area contributed by atoms with Crippen LogP contribution in [0.15, 0.2) is 48.5 Å². The lowest BCUT2D eigenvalue weighted by atomic mass is 10.1. The Kier molecular flexibility index (Phi) is 4.91. The molecule has 2 N–H and O–H groups in total. The van der Waals surface area contributed by atoms with Crippen LogP contribution in [-0.4, -0.2) is 5.97 Å². The average molecular weight is 269 g/mol. The summed E-state index contributed by atoms with van der Waals surface area (Å²) in [5, 5.41) is 0. The molecule has 2 aromatic carbocycles. The Bertz CT molecular complexity index is 559. The van der Waals surface area contributed by atoms with Crippen molar-refractivity contribution < 1.29 is 9.53 Å². The number of rotatable bonds is 5. The highest BCUT2D eigenvalue weighted by molar-refractivity contribution is 5.91. The van der Waals surface area contributed by atoms with Gasteiger partial charge in [0.2, 0.25) is 0 Å². The molecule has 0 saturated carbocycles. The van der Waals surface area contributed by atoms with E-state index < -0.39 is 0 Å². The zero-order chi connectivity index (χ0) is 14.4. The lowest BCUT2D eigenvalue weighted by Gasteiger charge is -2.06. The van der Waals surface area contributed by atoms with Crippen molar-refractivity contribution in [3.8, 4) is 5.75 Å². The third-order valence-electron chi connectivity index (χ3n) is 3.10. The van der Waals surface area contributed by atoms with Crippen LogP contribution in [0.1, 0.15) is 34.8 Å². The largest absolute Gasteiger partial charge is 0.423 e. The second kappa shape index (κ2) is 6.87. The highest BCUT2D eigenvalue weighted by atomic mass is 16.5. The Morgan fingerprint density at radius 1 is 1.00 bits per heavy atom. The maximum Gasteiger partial charge on any atom is 0.343 e. The first kappa shape index (κ1) is 14.3. The van der Waals surface area contributed by atoms with Gasteiger partial charge < -0.3 is 10.5 Å². The second-order valence-electron chi connectivity index (χ2n) is 4.68. The molecule has 0 aliphatic carbocycles. The second-order valence-corrected chi connectivity index (χ2v) is 4.68. The lowest BCUT2D eigenvalue weighted by Crippen LogP contribution is -2.08. The van der Waals surface area contributed by atoms with E-state index in [2.05, 4.69) is 6.92 Å². The van der Waals surface area contributed by atoms with E-state index in [0.29, 0.717) is 17.9 Å². The van der Waals surface area contributed by atoms with Gasteiger partial charge in [0.15, 0.2) is 0 Å². The summed E-state index contributed by atoms with van der Waals surface area (Å²) in [7, 11) is 0. The van der Waals surface area contributed by atoms with E-state index in [4.69, 9.17) is 10.5 Å². The molecule has 0 bridgehead atoms. The first-order valence-electron chi connectivity index (χ1n) is 6.83. The molecular weight excluding hydrogens is 250 g/mol. The smallest absolute Gasteiger partial charge is 0.343 e. The molecule has 0 unspecified atom stereocenters. The molecule has 3 heteroatoms. The normalized spacial score (nSPS) is 10.3. The fraction of sp³-hybridized carbons (Fsp3) is 0.235. The Balaban J connectivity index is 2.02. The van der Waals surface area contributed by atoms with E-state index >= 15 is 0 Å². The molecule has 0 amide bonds. The Morgan fingerprint density at radius 3 is 2.15 bits per heavy atom. The molecule has 0 aromatic heterocycles. The third kappa shape index (κ3) is 3.68. The maximum atomic E-state index is 12.0. The quantitative estimate of drug-likeness (QED) is 0.669. The van der Waals surface area contributed by atoms with Crippen LogP contribution in [0.25, 0.3) is 0 Å². The fourth-order valence-corrected chi connectivity index (χ4v) is 1.96. The van der Waals surface area contributed by atoms with Gasteiger partial charge >= 0.3 is 5.97 Å². The third-order valence-corrected chi connectivity index (χ3v) is 3.10. The van der Waals surface area contributed by atoms with Crippen LogP contribution in [0.5, 0.6) is 5.75 Å². The standard InChI is InChI=1S/C17H19NO2/c1-2-3-13-6-10-16(11-7-13)20-17(19)15-8-4-14(12-18)5-9-15/h4-11H,2-3,12,18H2,1H3. The van der Waals surface area contributed by atoms with Gasteiger partial charge in [0.25, 0.3) is 0 Å². The summed E-state index contributed by atoms with van der Waals surface area (Å²) < 4.78 is 5.34. The van der Waals surface area contributed by atoms with Gasteiger partial charge in [0.1, 0.15) is 5.75 Å². The number of aryl methyl sites for hydroxylation is 1. The molecule has 0 heterocycles. The summed E-state index contributed by atoms with van der Waals surface area (Å²) in [6, 6.07) is 14.8. The summed E-state index contributed by atoms with van der Waals surface area (Å²) in [6.07, 6.45) is 2.14. The number of esters is 1. The Labute approximate surface area is 119 Å². The molecule has 0 radical (unpaired) electrons. The zero-order valence-electron chi connectivity index (χ0n) is 11.6. The molecule has 0 atom stereocenters. The van der Waals surface area contributed by atoms with E-state index in [1.165, 1.54) is 5.56 Å². The molecule has 3 nitrogen and oxygen atoms in total. The van der Waals surface area contributed by atoms with Crippen LogP contribution in [0.3, 0.4) is 0 Å². The highest BCUT2D eigenvalue weighted by Crippen LogP contribution is 2.15. The van der Waals surface area contributed by atoms with Crippen molar-refractivity contribution in [1.29, 1.82) is 0 Å². The summed E-state index contributed by atoms with van der Waals surface area (Å²) >= 11 is 0. The Morgan fingerprint density at radius 2 is 1.60 bits per heavy atom. The number of ether oxygens (including phenoxy) is 1. The summed E-state index contributed by atoms with van der Waals surface area (Å²) in [5.74, 6) is 0.217. The summed E-state index contributed by atoms with van der Waals surface area (Å²) in [5.41, 5.74) is 8.29. The topological polar surface area (TPSA) is 52.3 Å². The zero-order valence-corrected chi connectivity index (χ0v) is 11.6. The molecule has 2 aromatic rings. The lowest BCUT2D eigenvalue weighted by molar-refractivity contribution is 0.0734. The fourth-order valence-electron chi connectivity index (χ4n) is 1.96. The summed E-state index contributed by atoms with van der Waals surface area (Å²) in [6.45, 7) is 2.60. The van der Waals surface area contributed by atoms with Gasteiger partial charge in [-0.2, -0.15) is 0 Å². The predicted molar refractivity (Wildman–Crippen MR) is 79.7 cm³/mol. The van der Waals surface area contributed by atoms with Crippen molar-refractivity contribution in [3.63, 3.8) is 0 Å². The van der Waals surface area contributed by atoms with Crippen LogP contribution in [0.4, 0.5) is 0 Å². The molecule has 2 rings (SSSR count). The number of hydrogen-bond acceptors (Lipinski definition) is 3. The first-order valence-corrected chi connectivity index (χ1v) is 6.83. The minimum Gasteiger partial charge on any atom is -0.423 e. The van der Waals surface area contributed by atoms with Crippen LogP contribution in [0.2, 0.25) is 0 Å². The molecule has 104 valence electrons. The molecule has 0 saturated heterocycles. The van der Waals surface area contributed by atoms with E-state index in [1.807, 2.05) is 36.4 Å². The van der Waals surface area contributed by atoms with Crippen LogP contribution < -0.4 is 10.5 Å². The van der Waals surface area contributed by atoms with Gasteiger partial charge in [-0.1, -0.05) is 37.6 Å². The minimum atomic E-state index is -0.350. The van der Waals surface area contributed by atoms with E-state index in [9.17, 15) is 4.79 Å². The number of nitrogens with two attached hydrogens (primary N) is 1. The first-order chi connectivity index (χ1) is 9.72. The predicted octanol–water partition coefficient (Wildman–Crippen LogP) is 3.32. The number of carbonyl (C=O) groups is 1. The monoisotopic (exact) mass is 269 g/mol. The molecular formula is C17H19NO2. The SMILES string of the molecule is CCCc1ccc(OC(=O)c2ccc(CN)cc2)cc1. The van der Waals surface area contributed by atoms with Crippen molar-refractivity contribution in [3.05, 3.63) is 65.2 Å². The van der Waals surface area contributed by atoms with Gasteiger partial charge in [-0.25, -0.2) is 4.79 Å². The van der Waals surface area contributed by atoms with Crippen molar-refractivity contribution in [1.82, 2.24) is 0 Å². The van der Waals surface area contributed by atoms with Gasteiger partial charge in [-0.15, -0.1) is 0 Å². The van der Waals surface area contributed by atoms with E-state index in [1.54, 1.807) is 12.1 Å². The van der Waals surface area contributed by atoms with Crippen LogP contribution in [0, 0.1) is 0 Å². The van der Waals surface area contributed by atoms with E-state index in [-0.39, 0.29) is 5.97 Å². The minimum absolute atomic E-state index is 0.350. The molecule has 0 aliphatic heterocycles. The maximum absolute atomic E-state index is 12.0. The molecule has 20 heavy (non-hydrogen) atoms. The van der Waals surface area contributed by atoms with Gasteiger partial charge in [0, 0.05) is 6.54 Å². The highest BCUT2D eigenvalue weighted by Gasteiger charge is 2.08. The average Bonchev–Trinajstić information content (AvgIpc) is 2.49. The number of hydrogen-bond donors (Lipinski definition) is 1. The van der Waals surface area contributed by atoms with Gasteiger partial charge in [-0.3, -0.25) is 0 Å². The van der Waals surface area contributed by atoms with Crippen LogP contribution >= 0.6 is 0 Å². The van der Waals surface area contributed by atoms with Crippen molar-refractivity contribution in [2.75, 3.05) is 0 Å². The van der Waals surface area contributed by atoms with Crippen molar-refractivity contribution in [2.24, 2.45) is 5.73 Å². The Hall–Kier alpha value is -2.13. The van der Waals surface area contributed by atoms with Crippen molar-refractivity contribution >= 4 is 5.97 Å². The van der Waals surface area contributed by atoms with Gasteiger partial charge in [0.05, 0.1) is 5.56 Å². The van der Waals surface area contributed by atoms with Gasteiger partial charge in [-0.05, 0) is 41.8 Å². The van der Waals surface area contributed by atoms with Crippen molar-refractivity contribution in [2.45, 2.75) is 26.3 Å². The number of carbonyl (C=O) groups excluding carboxylic acids is 1. The molecule has 0 fully saturated rings. The van der Waals surface area contributed by atoms with E-state index in [0.717, 1.165) is 18.4 Å². The summed E-state index contributed by atoms with van der Waals surface area (Å²) in [4.78, 5) is 12.0. The van der Waals surface area contributed by atoms with Crippen LogP contribution in [-0.2, 0) is 13.0 Å². The number of benzene rings is 2. The molecule has 0 spiro atoms.